The maximum Gasteiger partial charge on any atom is 0.305 e. The number of fused-ring (bicyclic) bond motifs is 2. The molecule has 0 atom stereocenters. The first-order chi connectivity index (χ1) is 18.6. The molecule has 2 aliphatic rings. The van der Waals surface area contributed by atoms with Gasteiger partial charge in [-0.2, -0.15) is 0 Å². The number of unbranched alkanes of at least 4 members (excludes halogenated alkanes) is 6. The van der Waals surface area contributed by atoms with Crippen LogP contribution in [0.5, 0.6) is 0 Å². The zero-order chi connectivity index (χ0) is 26.6. The summed E-state index contributed by atoms with van der Waals surface area (Å²) in [5.41, 5.74) is 3.85. The fourth-order valence-corrected chi connectivity index (χ4v) is 6.54. The number of carbonyl (C=O) groups is 1. The number of halogens is 1. The van der Waals surface area contributed by atoms with Crippen molar-refractivity contribution in [2.75, 3.05) is 45.9 Å². The summed E-state index contributed by atoms with van der Waals surface area (Å²) in [5, 5.41) is 0.786. The molecule has 1 fully saturated rings. The summed E-state index contributed by atoms with van der Waals surface area (Å²) in [6, 6.07) is 14.9. The van der Waals surface area contributed by atoms with E-state index in [1.807, 2.05) is 17.8 Å². The third-order valence-electron chi connectivity index (χ3n) is 7.54. The Morgan fingerprint density at radius 1 is 0.895 bits per heavy atom. The zero-order valence-corrected chi connectivity index (χ0v) is 24.5. The van der Waals surface area contributed by atoms with E-state index in [4.69, 9.17) is 16.3 Å². The van der Waals surface area contributed by atoms with Gasteiger partial charge in [0.1, 0.15) is 6.61 Å². The lowest BCUT2D eigenvalue weighted by Crippen LogP contribution is -2.47. The molecule has 0 aromatic heterocycles. The van der Waals surface area contributed by atoms with Gasteiger partial charge in [-0.1, -0.05) is 93.1 Å². The highest BCUT2D eigenvalue weighted by molar-refractivity contribution is 7.99. The largest absolute Gasteiger partial charge is 0.464 e. The number of rotatable bonds is 14. The van der Waals surface area contributed by atoms with Crippen LogP contribution in [-0.4, -0.2) is 61.6 Å². The second-order valence-corrected chi connectivity index (χ2v) is 11.9. The number of benzene rings is 2. The molecule has 4 rings (SSSR count). The first kappa shape index (κ1) is 29.2. The van der Waals surface area contributed by atoms with Crippen LogP contribution < -0.4 is 0 Å². The van der Waals surface area contributed by atoms with Crippen LogP contribution in [0.15, 0.2) is 58.3 Å². The molecule has 2 aromatic carbocycles. The van der Waals surface area contributed by atoms with E-state index in [1.54, 1.807) is 0 Å². The van der Waals surface area contributed by atoms with Crippen LogP contribution in [0.4, 0.5) is 0 Å². The highest BCUT2D eigenvalue weighted by Gasteiger charge is 2.21. The van der Waals surface area contributed by atoms with Crippen molar-refractivity contribution in [1.29, 1.82) is 0 Å². The van der Waals surface area contributed by atoms with E-state index < -0.39 is 0 Å². The third-order valence-corrected chi connectivity index (χ3v) is 8.93. The van der Waals surface area contributed by atoms with Crippen LogP contribution in [-0.2, 0) is 9.53 Å². The van der Waals surface area contributed by atoms with Gasteiger partial charge < -0.3 is 9.64 Å². The number of esters is 1. The maximum absolute atomic E-state index is 12.0. The van der Waals surface area contributed by atoms with Gasteiger partial charge in [0.25, 0.3) is 0 Å². The number of carbonyl (C=O) groups excluding carboxylic acids is 1. The lowest BCUT2D eigenvalue weighted by Gasteiger charge is -2.34. The van der Waals surface area contributed by atoms with Crippen molar-refractivity contribution in [3.63, 3.8) is 0 Å². The van der Waals surface area contributed by atoms with Gasteiger partial charge in [0.2, 0.25) is 0 Å². The van der Waals surface area contributed by atoms with E-state index >= 15 is 0 Å². The minimum atomic E-state index is -0.0317. The molecule has 206 valence electrons. The van der Waals surface area contributed by atoms with E-state index in [2.05, 4.69) is 59.2 Å². The molecule has 2 heterocycles. The molecule has 0 bridgehead atoms. The molecule has 0 N–H and O–H groups in total. The predicted octanol–water partition coefficient (Wildman–Crippen LogP) is 7.93. The molecule has 2 aromatic rings. The molecule has 6 heteroatoms. The van der Waals surface area contributed by atoms with Crippen molar-refractivity contribution in [3.8, 4) is 0 Å². The van der Waals surface area contributed by atoms with Crippen molar-refractivity contribution < 1.29 is 9.53 Å². The van der Waals surface area contributed by atoms with E-state index in [9.17, 15) is 4.79 Å². The van der Waals surface area contributed by atoms with Gasteiger partial charge in [-0.05, 0) is 53.8 Å². The number of hydrogen-bond acceptors (Lipinski definition) is 5. The molecule has 4 nitrogen and oxygen atoms in total. The summed E-state index contributed by atoms with van der Waals surface area (Å²) in [7, 11) is 0. The zero-order valence-electron chi connectivity index (χ0n) is 22.9. The number of hydrogen-bond donors (Lipinski definition) is 0. The van der Waals surface area contributed by atoms with Gasteiger partial charge in [-0.15, -0.1) is 0 Å². The molecule has 0 amide bonds. The molecule has 0 unspecified atom stereocenters. The van der Waals surface area contributed by atoms with Crippen LogP contribution in [0.1, 0.15) is 75.8 Å². The van der Waals surface area contributed by atoms with E-state index in [0.29, 0.717) is 13.0 Å². The Kier molecular flexibility index (Phi) is 12.1. The van der Waals surface area contributed by atoms with Gasteiger partial charge in [0, 0.05) is 60.5 Å². The topological polar surface area (TPSA) is 32.8 Å². The van der Waals surface area contributed by atoms with E-state index in [0.717, 1.165) is 63.6 Å². The number of ether oxygens (including phenoxy) is 1. The Hall–Kier alpha value is -1.79. The smallest absolute Gasteiger partial charge is 0.305 e. The van der Waals surface area contributed by atoms with Crippen LogP contribution in [0.3, 0.4) is 0 Å². The highest BCUT2D eigenvalue weighted by Crippen LogP contribution is 2.46. The first-order valence-corrected chi connectivity index (χ1v) is 15.7. The molecular formula is C32H43ClN2O2S. The Labute approximate surface area is 238 Å². The van der Waals surface area contributed by atoms with Crippen LogP contribution in [0.2, 0.25) is 5.02 Å². The number of nitrogens with zero attached hydrogens (tertiary/aromatic N) is 2. The summed E-state index contributed by atoms with van der Waals surface area (Å²) in [6.45, 7) is 8.83. The van der Waals surface area contributed by atoms with Crippen LogP contribution in [0, 0.1) is 0 Å². The summed E-state index contributed by atoms with van der Waals surface area (Å²) in [4.78, 5) is 19.6. The second kappa shape index (κ2) is 15.7. The molecule has 38 heavy (non-hydrogen) atoms. The Morgan fingerprint density at radius 3 is 2.37 bits per heavy atom. The van der Waals surface area contributed by atoms with Crippen molar-refractivity contribution in [2.24, 2.45) is 0 Å². The predicted molar refractivity (Wildman–Crippen MR) is 160 cm³/mol. The van der Waals surface area contributed by atoms with Crippen molar-refractivity contribution in [3.05, 3.63) is 64.7 Å². The minimum absolute atomic E-state index is 0.0317. The quantitative estimate of drug-likeness (QED) is 0.149. The van der Waals surface area contributed by atoms with Crippen molar-refractivity contribution in [2.45, 2.75) is 74.5 Å². The lowest BCUT2D eigenvalue weighted by molar-refractivity contribution is -0.144. The normalized spacial score (nSPS) is 16.8. The van der Waals surface area contributed by atoms with Gasteiger partial charge >= 0.3 is 5.97 Å². The fraction of sp³-hybridized carbons (Fsp3) is 0.531. The maximum atomic E-state index is 12.0. The molecular weight excluding hydrogens is 512 g/mol. The third kappa shape index (κ3) is 8.87. The Morgan fingerprint density at radius 2 is 1.58 bits per heavy atom. The molecule has 0 spiro atoms. The first-order valence-electron chi connectivity index (χ1n) is 14.5. The molecule has 0 aliphatic carbocycles. The molecule has 1 saturated heterocycles. The minimum Gasteiger partial charge on any atom is -0.464 e. The second-order valence-electron chi connectivity index (χ2n) is 10.4. The highest BCUT2D eigenvalue weighted by atomic mass is 35.5. The fourth-order valence-electron chi connectivity index (χ4n) is 5.28. The van der Waals surface area contributed by atoms with Crippen LogP contribution in [0.25, 0.3) is 5.57 Å². The van der Waals surface area contributed by atoms with Crippen molar-refractivity contribution >= 4 is 34.9 Å². The number of piperazine rings is 1. The average Bonchev–Trinajstić information content (AvgIpc) is 2.93. The average molecular weight is 555 g/mol. The summed E-state index contributed by atoms with van der Waals surface area (Å²) in [5.74, 6) is -0.0317. The monoisotopic (exact) mass is 554 g/mol. The van der Waals surface area contributed by atoms with Crippen molar-refractivity contribution in [1.82, 2.24) is 9.80 Å². The Balaban J connectivity index is 1.14. The molecule has 2 aliphatic heterocycles. The molecule has 0 radical (unpaired) electrons. The van der Waals surface area contributed by atoms with Crippen LogP contribution >= 0.6 is 23.4 Å². The lowest BCUT2D eigenvalue weighted by atomic mass is 9.96. The standard InChI is InChI=1S/C32H43ClN2O2S/c1-2-3-4-5-6-7-8-15-32(36)37-24-23-35-21-19-34(20-22-35)18-11-13-27-28-12-9-10-14-30(28)38-31-17-16-26(33)25-29(27)31/h9-10,12-14,16-17,25H,2-8,11,15,18-24H2,1H3/b27-13+. The SMILES string of the molecule is CCCCCCCCCC(=O)OCCN1CCN(CC/C=C2\c3ccccc3Sc3ccc(Cl)cc32)CC1. The van der Waals surface area contributed by atoms with E-state index in [1.165, 1.54) is 58.6 Å². The Bertz CT molecular complexity index is 1070. The summed E-state index contributed by atoms with van der Waals surface area (Å²) in [6.07, 6.45) is 12.5. The van der Waals surface area contributed by atoms with Gasteiger partial charge in [-0.25, -0.2) is 0 Å². The molecule has 0 saturated carbocycles. The van der Waals surface area contributed by atoms with Gasteiger partial charge in [0.15, 0.2) is 0 Å². The summed E-state index contributed by atoms with van der Waals surface area (Å²) >= 11 is 8.19. The van der Waals surface area contributed by atoms with Gasteiger partial charge in [-0.3, -0.25) is 9.69 Å². The van der Waals surface area contributed by atoms with E-state index in [-0.39, 0.29) is 5.97 Å². The summed E-state index contributed by atoms with van der Waals surface area (Å²) < 4.78 is 5.50. The van der Waals surface area contributed by atoms with Gasteiger partial charge in [0.05, 0.1) is 0 Å².